The van der Waals surface area contributed by atoms with Crippen LogP contribution < -0.4 is 5.32 Å². The van der Waals surface area contributed by atoms with Gasteiger partial charge in [0.05, 0.1) is 10.6 Å². The van der Waals surface area contributed by atoms with Gasteiger partial charge in [0.25, 0.3) is 0 Å². The van der Waals surface area contributed by atoms with Crippen LogP contribution in [0, 0.1) is 6.92 Å². The minimum atomic E-state index is -3.51. The van der Waals surface area contributed by atoms with Crippen molar-refractivity contribution in [2.45, 2.75) is 74.3 Å². The highest BCUT2D eigenvalue weighted by Crippen LogP contribution is 2.22. The molecule has 0 saturated heterocycles. The fourth-order valence-electron chi connectivity index (χ4n) is 3.50. The van der Waals surface area contributed by atoms with Crippen molar-refractivity contribution in [3.63, 3.8) is 0 Å². The predicted molar refractivity (Wildman–Crippen MR) is 114 cm³/mol. The second-order valence-corrected chi connectivity index (χ2v) is 10.3. The molecule has 1 aromatic heterocycles. The number of amides is 1. The summed E-state index contributed by atoms with van der Waals surface area (Å²) in [7, 11) is -3.51. The molecule has 0 unspecified atom stereocenters. The van der Waals surface area contributed by atoms with Crippen LogP contribution >= 0.6 is 11.8 Å². The molecular weight excluding hydrogens is 408 g/mol. The van der Waals surface area contributed by atoms with E-state index in [1.165, 1.54) is 31.0 Å². The van der Waals surface area contributed by atoms with Crippen LogP contribution in [0.25, 0.3) is 0 Å². The number of nitrogens with zero attached hydrogens (tertiary/aromatic N) is 3. The molecule has 29 heavy (non-hydrogen) atoms. The number of hydrogen-bond donors (Lipinski definition) is 1. The zero-order chi connectivity index (χ0) is 20.9. The number of thioether (sulfide) groups is 1. The Bertz CT molecular complexity index is 933. The Hall–Kier alpha value is -1.87. The van der Waals surface area contributed by atoms with E-state index in [0.29, 0.717) is 17.5 Å². The topological polar surface area (TPSA) is 93.9 Å². The normalized spacial score (nSPS) is 15.4. The van der Waals surface area contributed by atoms with E-state index in [9.17, 15) is 13.2 Å². The van der Waals surface area contributed by atoms with Gasteiger partial charge in [-0.2, -0.15) is 0 Å². The lowest BCUT2D eigenvalue weighted by Gasteiger charge is -2.22. The van der Waals surface area contributed by atoms with Gasteiger partial charge >= 0.3 is 0 Å². The lowest BCUT2D eigenvalue weighted by Crippen LogP contribution is -2.37. The number of carbonyl (C=O) groups is 1. The SMILES string of the molecule is CCn1c(CS(=O)(=O)c2ccc(C)cc2)nnc1SCC(=O)NC1CCCCC1. The predicted octanol–water partition coefficient (Wildman–Crippen LogP) is 3.12. The highest BCUT2D eigenvalue weighted by Gasteiger charge is 2.22. The van der Waals surface area contributed by atoms with Crippen LogP contribution in [0.5, 0.6) is 0 Å². The third-order valence-corrected chi connectivity index (χ3v) is 7.71. The smallest absolute Gasteiger partial charge is 0.230 e. The summed E-state index contributed by atoms with van der Waals surface area (Å²) in [6, 6.07) is 7.06. The summed E-state index contributed by atoms with van der Waals surface area (Å²) in [5, 5.41) is 11.9. The number of rotatable bonds is 8. The van der Waals surface area contributed by atoms with Gasteiger partial charge in [0.15, 0.2) is 15.0 Å². The molecule has 1 aliphatic carbocycles. The van der Waals surface area contributed by atoms with Crippen LogP contribution in [-0.4, -0.2) is 40.9 Å². The lowest BCUT2D eigenvalue weighted by molar-refractivity contribution is -0.119. The summed E-state index contributed by atoms with van der Waals surface area (Å²) >= 11 is 1.30. The van der Waals surface area contributed by atoms with Crippen molar-refractivity contribution in [1.82, 2.24) is 20.1 Å². The molecule has 0 aliphatic heterocycles. The van der Waals surface area contributed by atoms with Gasteiger partial charge in [-0.1, -0.05) is 48.7 Å². The van der Waals surface area contributed by atoms with E-state index in [0.717, 1.165) is 18.4 Å². The number of carbonyl (C=O) groups excluding carboxylic acids is 1. The van der Waals surface area contributed by atoms with E-state index in [2.05, 4.69) is 15.5 Å². The first kappa shape index (κ1) is 21.8. The number of benzene rings is 1. The standard InChI is InChI=1S/C20H28N4O3S2/c1-3-24-18(14-29(26,27)17-11-9-15(2)10-12-17)22-23-20(24)28-13-19(25)21-16-7-5-4-6-8-16/h9-12,16H,3-8,13-14H2,1-2H3,(H,21,25). The van der Waals surface area contributed by atoms with Gasteiger partial charge in [0.1, 0.15) is 11.6 Å². The Morgan fingerprint density at radius 1 is 1.17 bits per heavy atom. The summed E-state index contributed by atoms with van der Waals surface area (Å²) in [6.45, 7) is 4.37. The zero-order valence-corrected chi connectivity index (χ0v) is 18.6. The van der Waals surface area contributed by atoms with Crippen molar-refractivity contribution >= 4 is 27.5 Å². The molecule has 1 fully saturated rings. The third-order valence-electron chi connectivity index (χ3n) is 5.11. The average Bonchev–Trinajstić information content (AvgIpc) is 3.08. The molecular formula is C20H28N4O3S2. The van der Waals surface area contributed by atoms with E-state index in [1.54, 1.807) is 28.8 Å². The van der Waals surface area contributed by atoms with E-state index < -0.39 is 9.84 Å². The second-order valence-electron chi connectivity index (χ2n) is 7.41. The maximum Gasteiger partial charge on any atom is 0.230 e. The number of sulfone groups is 1. The second kappa shape index (κ2) is 9.75. The van der Waals surface area contributed by atoms with Crippen molar-refractivity contribution in [3.05, 3.63) is 35.7 Å². The van der Waals surface area contributed by atoms with Crippen molar-refractivity contribution < 1.29 is 13.2 Å². The lowest BCUT2D eigenvalue weighted by atomic mass is 9.95. The van der Waals surface area contributed by atoms with Crippen LogP contribution in [0.4, 0.5) is 0 Å². The quantitative estimate of drug-likeness (QED) is 0.639. The van der Waals surface area contributed by atoms with Crippen molar-refractivity contribution in [2.75, 3.05) is 5.75 Å². The Kier molecular flexibility index (Phi) is 7.34. The minimum Gasteiger partial charge on any atom is -0.353 e. The molecule has 0 bridgehead atoms. The summed E-state index contributed by atoms with van der Waals surface area (Å²) in [4.78, 5) is 12.5. The highest BCUT2D eigenvalue weighted by molar-refractivity contribution is 7.99. The molecule has 0 radical (unpaired) electrons. The average molecular weight is 437 g/mol. The molecule has 0 spiro atoms. The minimum absolute atomic E-state index is 0.0126. The first-order valence-electron chi connectivity index (χ1n) is 10.0. The number of aryl methyl sites for hydroxylation is 1. The summed E-state index contributed by atoms with van der Waals surface area (Å²) in [5.74, 6) is 0.412. The Balaban J connectivity index is 1.63. The highest BCUT2D eigenvalue weighted by atomic mass is 32.2. The molecule has 158 valence electrons. The monoisotopic (exact) mass is 436 g/mol. The Morgan fingerprint density at radius 3 is 2.52 bits per heavy atom. The number of hydrogen-bond acceptors (Lipinski definition) is 6. The van der Waals surface area contributed by atoms with Gasteiger partial charge in [-0.15, -0.1) is 10.2 Å². The molecule has 3 rings (SSSR count). The summed E-state index contributed by atoms with van der Waals surface area (Å²) in [6.07, 6.45) is 5.67. The Labute approximate surface area is 176 Å². The molecule has 9 heteroatoms. The van der Waals surface area contributed by atoms with Gasteiger partial charge in [-0.25, -0.2) is 8.42 Å². The van der Waals surface area contributed by atoms with E-state index in [4.69, 9.17) is 0 Å². The van der Waals surface area contributed by atoms with Crippen molar-refractivity contribution in [2.24, 2.45) is 0 Å². The molecule has 2 aromatic rings. The van der Waals surface area contributed by atoms with Gasteiger partial charge < -0.3 is 9.88 Å². The van der Waals surface area contributed by atoms with Crippen LogP contribution in [-0.2, 0) is 26.9 Å². The maximum atomic E-state index is 12.7. The summed E-state index contributed by atoms with van der Waals surface area (Å²) in [5.41, 5.74) is 1.01. The zero-order valence-electron chi connectivity index (χ0n) is 16.9. The molecule has 1 heterocycles. The molecule has 1 saturated carbocycles. The van der Waals surface area contributed by atoms with Crippen LogP contribution in [0.3, 0.4) is 0 Å². The number of aromatic nitrogens is 3. The molecule has 7 nitrogen and oxygen atoms in total. The van der Waals surface area contributed by atoms with Crippen LogP contribution in [0.1, 0.15) is 50.4 Å². The first-order valence-corrected chi connectivity index (χ1v) is 12.7. The number of nitrogens with one attached hydrogen (secondary N) is 1. The first-order chi connectivity index (χ1) is 13.9. The molecule has 1 N–H and O–H groups in total. The Morgan fingerprint density at radius 2 is 1.86 bits per heavy atom. The van der Waals surface area contributed by atoms with E-state index >= 15 is 0 Å². The maximum absolute atomic E-state index is 12.7. The largest absolute Gasteiger partial charge is 0.353 e. The van der Waals surface area contributed by atoms with Crippen molar-refractivity contribution in [3.8, 4) is 0 Å². The molecule has 0 atom stereocenters. The fraction of sp³-hybridized carbons (Fsp3) is 0.550. The van der Waals surface area contributed by atoms with E-state index in [1.807, 2.05) is 13.8 Å². The van der Waals surface area contributed by atoms with Gasteiger partial charge in [0.2, 0.25) is 5.91 Å². The summed E-state index contributed by atoms with van der Waals surface area (Å²) < 4.78 is 27.2. The van der Waals surface area contributed by atoms with Gasteiger partial charge in [0, 0.05) is 12.6 Å². The van der Waals surface area contributed by atoms with Gasteiger partial charge in [-0.3, -0.25) is 4.79 Å². The fourth-order valence-corrected chi connectivity index (χ4v) is 5.60. The van der Waals surface area contributed by atoms with Crippen LogP contribution in [0.2, 0.25) is 0 Å². The van der Waals surface area contributed by atoms with Crippen LogP contribution in [0.15, 0.2) is 34.3 Å². The molecule has 1 aromatic carbocycles. The van der Waals surface area contributed by atoms with Crippen molar-refractivity contribution in [1.29, 1.82) is 0 Å². The molecule has 1 amide bonds. The van der Waals surface area contributed by atoms with Gasteiger partial charge in [-0.05, 0) is 38.8 Å². The third kappa shape index (κ3) is 5.82. The van der Waals surface area contributed by atoms with E-state index in [-0.39, 0.29) is 28.4 Å². The molecule has 1 aliphatic rings.